The van der Waals surface area contributed by atoms with Crippen molar-refractivity contribution in [2.75, 3.05) is 11.5 Å². The van der Waals surface area contributed by atoms with Gasteiger partial charge in [0.1, 0.15) is 0 Å². The number of Topliss-reactive ketones (excluding diaryl/α,β-unsaturated/α-hetero) is 1. The highest BCUT2D eigenvalue weighted by atomic mass is 79.9. The van der Waals surface area contributed by atoms with E-state index in [2.05, 4.69) is 21.2 Å². The van der Waals surface area contributed by atoms with Gasteiger partial charge in [0, 0.05) is 28.3 Å². The Morgan fingerprint density at radius 1 is 1.16 bits per heavy atom. The molecule has 0 radical (unpaired) electrons. The Labute approximate surface area is 240 Å². The number of amides is 1. The summed E-state index contributed by atoms with van der Waals surface area (Å²) in [6.07, 6.45) is 0.101. The van der Waals surface area contributed by atoms with E-state index in [1.54, 1.807) is 30.0 Å². The van der Waals surface area contributed by atoms with Crippen LogP contribution in [0.15, 0.2) is 40.9 Å². The van der Waals surface area contributed by atoms with Crippen molar-refractivity contribution in [2.24, 2.45) is 5.41 Å². The number of carbonyl (C=O) groups is 2. The Bertz CT molecular complexity index is 1220. The van der Waals surface area contributed by atoms with E-state index in [1.165, 1.54) is 6.08 Å². The molecule has 1 aliphatic heterocycles. The lowest BCUT2D eigenvalue weighted by atomic mass is 9.93. The van der Waals surface area contributed by atoms with Crippen molar-refractivity contribution in [3.63, 3.8) is 0 Å². The van der Waals surface area contributed by atoms with Crippen molar-refractivity contribution in [3.05, 3.63) is 72.6 Å². The number of nitrogens with one attached hydrogen (secondary N) is 1. The summed E-state index contributed by atoms with van der Waals surface area (Å²) in [5.74, 6) is -0.301. The molecule has 2 aliphatic rings. The summed E-state index contributed by atoms with van der Waals surface area (Å²) in [7, 11) is 0. The highest BCUT2D eigenvalue weighted by Gasteiger charge is 2.51. The van der Waals surface area contributed by atoms with Crippen molar-refractivity contribution in [1.82, 2.24) is 5.32 Å². The molecule has 0 bridgehead atoms. The van der Waals surface area contributed by atoms with Crippen molar-refractivity contribution in [3.8, 4) is 0 Å². The second-order valence-electron chi connectivity index (χ2n) is 9.33. The van der Waals surface area contributed by atoms with E-state index in [4.69, 9.17) is 34.8 Å². The maximum atomic E-state index is 13.8. The molecule has 1 aliphatic carbocycles. The molecule has 2 aromatic carbocycles. The van der Waals surface area contributed by atoms with Gasteiger partial charge in [-0.15, -0.1) is 0 Å². The van der Waals surface area contributed by atoms with E-state index >= 15 is 0 Å². The molecule has 4 rings (SSSR count). The van der Waals surface area contributed by atoms with E-state index in [1.807, 2.05) is 0 Å². The molecule has 1 heterocycles. The summed E-state index contributed by atoms with van der Waals surface area (Å²) in [6.45, 7) is 0. The minimum absolute atomic E-state index is 0.0100. The van der Waals surface area contributed by atoms with Crippen molar-refractivity contribution in [1.29, 1.82) is 0 Å². The molecular weight excluding hydrogens is 634 g/mol. The highest BCUT2D eigenvalue weighted by molar-refractivity contribution is 9.10. The van der Waals surface area contributed by atoms with Gasteiger partial charge in [-0.1, -0.05) is 69.0 Å². The Kier molecular flexibility index (Phi) is 8.96. The van der Waals surface area contributed by atoms with Crippen LogP contribution in [0.1, 0.15) is 53.1 Å². The zero-order valence-corrected chi connectivity index (χ0v) is 24.0. The Morgan fingerprint density at radius 3 is 2.38 bits per heavy atom. The predicted octanol–water partition coefficient (Wildman–Crippen LogP) is 8.74. The number of ketones is 1. The molecule has 1 saturated carbocycles. The fraction of sp³-hybridized carbons (Fsp3) is 0.385. The summed E-state index contributed by atoms with van der Waals surface area (Å²) >= 11 is 22.9. The average Bonchev–Trinajstić information content (AvgIpc) is 3.41. The SMILES string of the molecule is O=C(CC1(C(=O)NC2CCSC2)CC1)c1ccc(/C=C/C(c2cc(Cl)c(Cl)c(Cl)c2)C(F)(F)F)cc1Br. The van der Waals surface area contributed by atoms with E-state index in [9.17, 15) is 22.8 Å². The zero-order valence-electron chi connectivity index (χ0n) is 19.3. The first-order valence-corrected chi connectivity index (χ1v) is 14.6. The fourth-order valence-corrected chi connectivity index (χ4v) is 6.64. The van der Waals surface area contributed by atoms with Crippen LogP contribution in [0.25, 0.3) is 6.08 Å². The highest BCUT2D eigenvalue weighted by Crippen LogP contribution is 2.50. The number of carbonyl (C=O) groups excluding carboxylic acids is 2. The van der Waals surface area contributed by atoms with Crippen LogP contribution in [0.5, 0.6) is 0 Å². The molecule has 2 fully saturated rings. The van der Waals surface area contributed by atoms with Crippen molar-refractivity contribution < 1.29 is 22.8 Å². The number of alkyl halides is 3. The Morgan fingerprint density at radius 2 is 1.84 bits per heavy atom. The zero-order chi connectivity index (χ0) is 27.0. The van der Waals surface area contributed by atoms with Gasteiger partial charge in [-0.05, 0) is 60.4 Å². The minimum atomic E-state index is -4.60. The normalized spacial score (nSPS) is 19.7. The van der Waals surface area contributed by atoms with Crippen molar-refractivity contribution >= 4 is 80.3 Å². The molecule has 1 amide bonds. The lowest BCUT2D eigenvalue weighted by Crippen LogP contribution is -2.40. The van der Waals surface area contributed by atoms with Gasteiger partial charge in [0.2, 0.25) is 5.91 Å². The summed E-state index contributed by atoms with van der Waals surface area (Å²) in [4.78, 5) is 25.8. The monoisotopic (exact) mass is 653 g/mol. The first-order valence-electron chi connectivity index (χ1n) is 11.5. The summed E-state index contributed by atoms with van der Waals surface area (Å²) < 4.78 is 41.9. The molecule has 2 aromatic rings. The first-order chi connectivity index (χ1) is 17.4. The van der Waals surface area contributed by atoms with Gasteiger partial charge in [-0.25, -0.2) is 0 Å². The van der Waals surface area contributed by atoms with Gasteiger partial charge in [-0.2, -0.15) is 24.9 Å². The minimum Gasteiger partial charge on any atom is -0.352 e. The number of hydrogen-bond donors (Lipinski definition) is 1. The molecule has 2 unspecified atom stereocenters. The summed E-state index contributed by atoms with van der Waals surface area (Å²) in [5, 5.41) is 2.93. The van der Waals surface area contributed by atoms with Crippen LogP contribution in [0.3, 0.4) is 0 Å². The lowest BCUT2D eigenvalue weighted by molar-refractivity contribution is -0.139. The lowest BCUT2D eigenvalue weighted by Gasteiger charge is -2.19. The third kappa shape index (κ3) is 6.88. The van der Waals surface area contributed by atoms with E-state index < -0.39 is 17.5 Å². The predicted molar refractivity (Wildman–Crippen MR) is 148 cm³/mol. The fourth-order valence-electron chi connectivity index (χ4n) is 4.26. The molecular formula is C26H22BrCl3F3NO2S. The second-order valence-corrected chi connectivity index (χ2v) is 12.5. The second kappa shape index (κ2) is 11.5. The molecule has 0 aromatic heterocycles. The maximum Gasteiger partial charge on any atom is 0.399 e. The number of hydrogen-bond acceptors (Lipinski definition) is 3. The number of allylic oxidation sites excluding steroid dienone is 1. The average molecular weight is 656 g/mol. The van der Waals surface area contributed by atoms with Crippen LogP contribution in [-0.4, -0.2) is 35.4 Å². The van der Waals surface area contributed by atoms with E-state index in [0.29, 0.717) is 28.4 Å². The van der Waals surface area contributed by atoms with Gasteiger partial charge in [0.25, 0.3) is 0 Å². The van der Waals surface area contributed by atoms with Gasteiger partial charge in [0.15, 0.2) is 5.78 Å². The maximum absolute atomic E-state index is 13.8. The van der Waals surface area contributed by atoms with E-state index in [0.717, 1.165) is 36.1 Å². The van der Waals surface area contributed by atoms with Gasteiger partial charge in [-0.3, -0.25) is 9.59 Å². The molecule has 1 saturated heterocycles. The molecule has 2 atom stereocenters. The van der Waals surface area contributed by atoms with Crippen LogP contribution in [0, 0.1) is 5.41 Å². The van der Waals surface area contributed by atoms with Crippen molar-refractivity contribution in [2.45, 2.75) is 43.8 Å². The van der Waals surface area contributed by atoms with E-state index in [-0.39, 0.29) is 44.8 Å². The summed E-state index contributed by atoms with van der Waals surface area (Å²) in [5.41, 5.74) is 0.0413. The number of rotatable bonds is 8. The molecule has 1 N–H and O–H groups in total. The van der Waals surface area contributed by atoms with Crippen LogP contribution in [-0.2, 0) is 4.79 Å². The van der Waals surface area contributed by atoms with Crippen LogP contribution in [0.4, 0.5) is 13.2 Å². The van der Waals surface area contributed by atoms with Gasteiger partial charge in [0.05, 0.1) is 26.4 Å². The van der Waals surface area contributed by atoms with Gasteiger partial charge < -0.3 is 5.32 Å². The standard InChI is InChI=1S/C26H22BrCl3F3NO2S/c27-19-9-14(2-4-18(26(31,32)33)15-10-20(28)23(30)21(29)11-15)1-3-17(19)22(35)12-25(6-7-25)24(36)34-16-5-8-37-13-16/h1-4,9-11,16,18H,5-8,12-13H2,(H,34,36)/b4-2+. The van der Waals surface area contributed by atoms with Crippen LogP contribution in [0.2, 0.25) is 15.1 Å². The number of benzene rings is 2. The van der Waals surface area contributed by atoms with Gasteiger partial charge >= 0.3 is 6.18 Å². The molecule has 0 spiro atoms. The Hall–Kier alpha value is -1.19. The molecule has 3 nitrogen and oxygen atoms in total. The smallest absolute Gasteiger partial charge is 0.352 e. The third-order valence-corrected chi connectivity index (χ3v) is 9.61. The third-order valence-electron chi connectivity index (χ3n) is 6.59. The largest absolute Gasteiger partial charge is 0.399 e. The molecule has 198 valence electrons. The quantitative estimate of drug-likeness (QED) is 0.229. The Balaban J connectivity index is 1.48. The topological polar surface area (TPSA) is 46.2 Å². The first kappa shape index (κ1) is 28.8. The molecule has 37 heavy (non-hydrogen) atoms. The summed E-state index contributed by atoms with van der Waals surface area (Å²) in [6, 6.07) is 7.15. The van der Waals surface area contributed by atoms with Crippen LogP contribution >= 0.6 is 62.5 Å². The molecule has 11 heteroatoms. The van der Waals surface area contributed by atoms with Crippen LogP contribution < -0.4 is 5.32 Å². The number of thioether (sulfide) groups is 1. The number of halogens is 7.